The third-order valence-corrected chi connectivity index (χ3v) is 8.01. The summed E-state index contributed by atoms with van der Waals surface area (Å²) in [6, 6.07) is 37.2. The Hall–Kier alpha value is -5.09. The maximum Gasteiger partial charge on any atom is 0.192 e. The first-order chi connectivity index (χ1) is 20.1. The fourth-order valence-corrected chi connectivity index (χ4v) is 6.07. The van der Waals surface area contributed by atoms with E-state index in [-0.39, 0.29) is 5.43 Å². The zero-order valence-corrected chi connectivity index (χ0v) is 23.3. The lowest BCUT2D eigenvalue weighted by molar-refractivity contribution is 0.414. The molecule has 0 amide bonds. The Morgan fingerprint density at radius 1 is 0.683 bits per heavy atom. The van der Waals surface area contributed by atoms with Crippen LogP contribution in [0.3, 0.4) is 0 Å². The monoisotopic (exact) mass is 535 g/mol. The number of pyridine rings is 1. The number of hydrogen-bond donors (Lipinski definition) is 0. The summed E-state index contributed by atoms with van der Waals surface area (Å²) in [7, 11) is 3.34. The largest absolute Gasteiger partial charge is 0.497 e. The van der Waals surface area contributed by atoms with Crippen molar-refractivity contribution in [2.24, 2.45) is 0 Å². The standard InChI is InChI=1S/C37H29NO3/c1-23-9-18-32-27(19-23)21-28-22-29(20-24-7-5-4-6-8-24)37(39)34-33(25-10-14-30(40-2)15-11-25)35(38(32)36(28)34)26-12-16-31(41-3)17-13-26/h4-19,21-22H,20H2,1-3H3. The van der Waals surface area contributed by atoms with Crippen LogP contribution in [0.5, 0.6) is 11.5 Å². The van der Waals surface area contributed by atoms with E-state index in [0.717, 1.165) is 72.2 Å². The summed E-state index contributed by atoms with van der Waals surface area (Å²) in [6.07, 6.45) is 0.572. The molecule has 0 aliphatic heterocycles. The van der Waals surface area contributed by atoms with Gasteiger partial charge in [-0.25, -0.2) is 0 Å². The minimum Gasteiger partial charge on any atom is -0.497 e. The second-order valence-corrected chi connectivity index (χ2v) is 10.6. The van der Waals surface area contributed by atoms with Crippen molar-refractivity contribution in [1.29, 1.82) is 0 Å². The molecule has 4 nitrogen and oxygen atoms in total. The summed E-state index contributed by atoms with van der Waals surface area (Å²) >= 11 is 0. The van der Waals surface area contributed by atoms with E-state index < -0.39 is 0 Å². The molecule has 0 saturated heterocycles. The molecule has 2 aromatic heterocycles. The van der Waals surface area contributed by atoms with Crippen molar-refractivity contribution >= 4 is 27.2 Å². The molecule has 0 aliphatic rings. The van der Waals surface area contributed by atoms with Gasteiger partial charge in [-0.2, -0.15) is 0 Å². The number of ether oxygens (including phenoxy) is 2. The normalized spacial score (nSPS) is 11.5. The van der Waals surface area contributed by atoms with Gasteiger partial charge in [0.1, 0.15) is 11.5 Å². The third-order valence-electron chi connectivity index (χ3n) is 8.01. The van der Waals surface area contributed by atoms with Crippen LogP contribution in [0.25, 0.3) is 49.6 Å². The minimum absolute atomic E-state index is 0.0656. The molecule has 0 aliphatic carbocycles. The molecule has 2 heterocycles. The Morgan fingerprint density at radius 2 is 1.34 bits per heavy atom. The summed E-state index contributed by atoms with van der Waals surface area (Å²) in [4.78, 5) is 14.5. The van der Waals surface area contributed by atoms with Crippen LogP contribution in [-0.4, -0.2) is 18.6 Å². The lowest BCUT2D eigenvalue weighted by Gasteiger charge is -2.13. The molecule has 7 aromatic rings. The zero-order chi connectivity index (χ0) is 28.1. The van der Waals surface area contributed by atoms with Crippen LogP contribution < -0.4 is 14.9 Å². The number of aromatic nitrogens is 1. The fraction of sp³-hybridized carbons (Fsp3) is 0.108. The van der Waals surface area contributed by atoms with Crippen molar-refractivity contribution in [3.8, 4) is 33.9 Å². The highest BCUT2D eigenvalue weighted by atomic mass is 16.5. The Balaban J connectivity index is 1.67. The van der Waals surface area contributed by atoms with Gasteiger partial charge < -0.3 is 13.9 Å². The molecule has 41 heavy (non-hydrogen) atoms. The van der Waals surface area contributed by atoms with Crippen molar-refractivity contribution in [2.75, 3.05) is 14.2 Å². The second kappa shape index (κ2) is 9.83. The molecule has 0 atom stereocenters. The van der Waals surface area contributed by atoms with E-state index in [9.17, 15) is 4.79 Å². The lowest BCUT2D eigenvalue weighted by atomic mass is 9.94. The molecule has 5 aromatic carbocycles. The SMILES string of the molecule is COc1ccc(-c2c(-c3ccc(OC)cc3)n3c4ccc(C)cc4cc4cc(Cc5ccccc5)c(=O)c2c43)cc1. The molecule has 0 saturated carbocycles. The van der Waals surface area contributed by atoms with Crippen molar-refractivity contribution in [3.05, 3.63) is 136 Å². The van der Waals surface area contributed by atoms with Gasteiger partial charge in [0, 0.05) is 22.9 Å². The lowest BCUT2D eigenvalue weighted by Crippen LogP contribution is -2.10. The average molecular weight is 536 g/mol. The summed E-state index contributed by atoms with van der Waals surface area (Å²) in [6.45, 7) is 2.11. The maximum atomic E-state index is 14.5. The van der Waals surface area contributed by atoms with Crippen LogP contribution in [-0.2, 0) is 6.42 Å². The van der Waals surface area contributed by atoms with Gasteiger partial charge in [0.2, 0.25) is 0 Å². The quantitative estimate of drug-likeness (QED) is 0.201. The van der Waals surface area contributed by atoms with Gasteiger partial charge in [0.25, 0.3) is 0 Å². The summed E-state index contributed by atoms with van der Waals surface area (Å²) in [5.41, 5.74) is 9.06. The van der Waals surface area contributed by atoms with Gasteiger partial charge in [-0.05, 0) is 89.7 Å². The molecule has 0 bridgehead atoms. The Labute approximate surface area is 238 Å². The molecule has 0 radical (unpaired) electrons. The number of hydrogen-bond acceptors (Lipinski definition) is 3. The fourth-order valence-electron chi connectivity index (χ4n) is 6.07. The molecule has 4 heteroatoms. The second-order valence-electron chi connectivity index (χ2n) is 10.6. The minimum atomic E-state index is 0.0656. The zero-order valence-electron chi connectivity index (χ0n) is 23.3. The molecule has 7 rings (SSSR count). The Kier molecular flexibility index (Phi) is 5.97. The number of benzene rings is 5. The van der Waals surface area contributed by atoms with Crippen LogP contribution >= 0.6 is 0 Å². The van der Waals surface area contributed by atoms with E-state index in [1.54, 1.807) is 14.2 Å². The van der Waals surface area contributed by atoms with Gasteiger partial charge in [-0.1, -0.05) is 54.1 Å². The number of methoxy groups -OCH3 is 2. The molecular weight excluding hydrogens is 506 g/mol. The molecule has 0 spiro atoms. The molecular formula is C37H29NO3. The average Bonchev–Trinajstić information content (AvgIpc) is 3.37. The van der Waals surface area contributed by atoms with Crippen LogP contribution in [0.2, 0.25) is 0 Å². The van der Waals surface area contributed by atoms with E-state index in [1.165, 1.54) is 5.56 Å². The number of aryl methyl sites for hydroxylation is 1. The van der Waals surface area contributed by atoms with E-state index in [2.05, 4.69) is 65.9 Å². The van der Waals surface area contributed by atoms with E-state index in [4.69, 9.17) is 9.47 Å². The van der Waals surface area contributed by atoms with E-state index >= 15 is 0 Å². The summed E-state index contributed by atoms with van der Waals surface area (Å²) < 4.78 is 13.2. The topological polar surface area (TPSA) is 39.9 Å². The first-order valence-corrected chi connectivity index (χ1v) is 13.8. The van der Waals surface area contributed by atoms with Crippen molar-refractivity contribution in [3.63, 3.8) is 0 Å². The van der Waals surface area contributed by atoms with E-state index in [0.29, 0.717) is 6.42 Å². The van der Waals surface area contributed by atoms with Crippen LogP contribution in [0.15, 0.2) is 114 Å². The summed E-state index contributed by atoms with van der Waals surface area (Å²) in [5.74, 6) is 1.56. The first-order valence-electron chi connectivity index (χ1n) is 13.8. The van der Waals surface area contributed by atoms with Crippen molar-refractivity contribution in [2.45, 2.75) is 13.3 Å². The molecule has 0 fully saturated rings. The highest BCUT2D eigenvalue weighted by molar-refractivity contribution is 6.14. The van der Waals surface area contributed by atoms with Crippen LogP contribution in [0, 0.1) is 6.92 Å². The van der Waals surface area contributed by atoms with E-state index in [1.807, 2.05) is 54.6 Å². The smallest absolute Gasteiger partial charge is 0.192 e. The third kappa shape index (κ3) is 4.11. The molecule has 0 unspecified atom stereocenters. The number of nitrogens with zero attached hydrogens (tertiary/aromatic N) is 1. The molecule has 0 N–H and O–H groups in total. The molecule has 200 valence electrons. The number of rotatable bonds is 6. The van der Waals surface area contributed by atoms with Crippen LogP contribution in [0.4, 0.5) is 0 Å². The summed E-state index contributed by atoms with van der Waals surface area (Å²) in [5, 5.41) is 2.93. The Morgan fingerprint density at radius 3 is 2.00 bits per heavy atom. The van der Waals surface area contributed by atoms with Crippen molar-refractivity contribution < 1.29 is 9.47 Å². The highest BCUT2D eigenvalue weighted by Gasteiger charge is 2.25. The van der Waals surface area contributed by atoms with Gasteiger partial charge >= 0.3 is 0 Å². The van der Waals surface area contributed by atoms with Gasteiger partial charge in [0.05, 0.1) is 36.3 Å². The predicted molar refractivity (Wildman–Crippen MR) is 168 cm³/mol. The predicted octanol–water partition coefficient (Wildman–Crippen LogP) is 8.29. The van der Waals surface area contributed by atoms with Gasteiger partial charge in [-0.15, -0.1) is 0 Å². The first kappa shape index (κ1) is 24.9. The Bertz CT molecular complexity index is 2090. The number of fused-ring (bicyclic) bond motifs is 2. The van der Waals surface area contributed by atoms with Gasteiger partial charge in [0.15, 0.2) is 5.43 Å². The highest BCUT2D eigenvalue weighted by Crippen LogP contribution is 2.44. The van der Waals surface area contributed by atoms with Gasteiger partial charge in [-0.3, -0.25) is 4.79 Å². The van der Waals surface area contributed by atoms with Crippen LogP contribution in [0.1, 0.15) is 16.7 Å². The van der Waals surface area contributed by atoms with Crippen molar-refractivity contribution in [1.82, 2.24) is 4.40 Å². The maximum absolute atomic E-state index is 14.5.